The summed E-state index contributed by atoms with van der Waals surface area (Å²) in [6.07, 6.45) is 1.97. The van der Waals surface area contributed by atoms with Gasteiger partial charge in [0.2, 0.25) is 5.91 Å². The fourth-order valence-electron chi connectivity index (χ4n) is 2.14. The highest BCUT2D eigenvalue weighted by Crippen LogP contribution is 2.15. The van der Waals surface area contributed by atoms with Crippen LogP contribution in [0.3, 0.4) is 0 Å². The molecule has 0 atom stereocenters. The van der Waals surface area contributed by atoms with Crippen LogP contribution in [-0.4, -0.2) is 29.5 Å². The first-order valence-corrected chi connectivity index (χ1v) is 8.86. The Balaban J connectivity index is 1.70. The van der Waals surface area contributed by atoms with Gasteiger partial charge >= 0.3 is 0 Å². The number of rotatable bonds is 8. The van der Waals surface area contributed by atoms with E-state index in [9.17, 15) is 19.7 Å². The molecule has 0 aliphatic heterocycles. The highest BCUT2D eigenvalue weighted by atomic mass is 79.9. The molecule has 0 fully saturated rings. The third-order valence-electron chi connectivity index (χ3n) is 3.47. The van der Waals surface area contributed by atoms with Crippen LogP contribution in [0.15, 0.2) is 58.1 Å². The van der Waals surface area contributed by atoms with Crippen molar-refractivity contribution in [3.05, 3.63) is 74.2 Å². The number of carbonyl (C=O) groups is 2. The van der Waals surface area contributed by atoms with Gasteiger partial charge in [0.1, 0.15) is 0 Å². The van der Waals surface area contributed by atoms with Gasteiger partial charge in [-0.15, -0.1) is 0 Å². The molecule has 0 saturated heterocycles. The van der Waals surface area contributed by atoms with Crippen LogP contribution in [0.4, 0.5) is 5.69 Å². The summed E-state index contributed by atoms with van der Waals surface area (Å²) in [5, 5.41) is 17.2. The van der Waals surface area contributed by atoms with E-state index in [0.29, 0.717) is 28.6 Å². The smallest absolute Gasteiger partial charge is 0.270 e. The normalized spacial score (nSPS) is 10.6. The molecule has 0 aliphatic carbocycles. The maximum atomic E-state index is 12.0. The van der Waals surface area contributed by atoms with E-state index in [2.05, 4.69) is 31.8 Å². The molecule has 0 spiro atoms. The molecule has 0 unspecified atom stereocenters. The zero-order chi connectivity index (χ0) is 19.6. The second kappa shape index (κ2) is 10.2. The Labute approximate surface area is 163 Å². The lowest BCUT2D eigenvalue weighted by atomic mass is 10.2. The summed E-state index contributed by atoms with van der Waals surface area (Å²) in [6, 6.07) is 13.0. The summed E-state index contributed by atoms with van der Waals surface area (Å²) in [7, 11) is 0. The van der Waals surface area contributed by atoms with E-state index in [4.69, 9.17) is 0 Å². The number of nitro benzene ring substituents is 1. The van der Waals surface area contributed by atoms with Crippen molar-refractivity contribution in [2.75, 3.05) is 6.54 Å². The van der Waals surface area contributed by atoms with Crippen LogP contribution in [0.2, 0.25) is 0 Å². The van der Waals surface area contributed by atoms with Gasteiger partial charge in [0.05, 0.1) is 16.7 Å². The van der Waals surface area contributed by atoms with Crippen molar-refractivity contribution in [1.29, 1.82) is 0 Å². The van der Waals surface area contributed by atoms with Gasteiger partial charge in [-0.25, -0.2) is 5.43 Å². The van der Waals surface area contributed by atoms with Gasteiger partial charge in [-0.3, -0.25) is 19.7 Å². The number of hydrazone groups is 1. The third-order valence-corrected chi connectivity index (χ3v) is 4.16. The van der Waals surface area contributed by atoms with E-state index in [1.165, 1.54) is 24.4 Å². The number of halogens is 1. The number of amides is 2. The number of hydrogen-bond donors (Lipinski definition) is 2. The highest BCUT2D eigenvalue weighted by Gasteiger charge is 2.08. The van der Waals surface area contributed by atoms with Crippen molar-refractivity contribution in [2.45, 2.75) is 12.8 Å². The first kappa shape index (κ1) is 20.2. The molecule has 0 heterocycles. The third kappa shape index (κ3) is 6.63. The van der Waals surface area contributed by atoms with E-state index in [-0.39, 0.29) is 23.9 Å². The fourth-order valence-corrected chi connectivity index (χ4v) is 2.61. The van der Waals surface area contributed by atoms with Gasteiger partial charge < -0.3 is 5.32 Å². The van der Waals surface area contributed by atoms with Crippen LogP contribution in [0.1, 0.15) is 28.8 Å². The molecule has 2 aromatic carbocycles. The molecule has 0 aliphatic rings. The zero-order valence-corrected chi connectivity index (χ0v) is 15.8. The second-order valence-electron chi connectivity index (χ2n) is 5.48. The van der Waals surface area contributed by atoms with Gasteiger partial charge in [-0.05, 0) is 34.5 Å². The average Bonchev–Trinajstić information content (AvgIpc) is 2.65. The highest BCUT2D eigenvalue weighted by molar-refractivity contribution is 9.10. The molecule has 2 amide bonds. The molecule has 2 aromatic rings. The first-order chi connectivity index (χ1) is 13.0. The predicted octanol–water partition coefficient (Wildman–Crippen LogP) is 3.02. The Bertz CT molecular complexity index is 870. The van der Waals surface area contributed by atoms with Gasteiger partial charge in [0.25, 0.3) is 11.6 Å². The number of non-ortho nitro benzene ring substituents is 1. The van der Waals surface area contributed by atoms with Crippen LogP contribution >= 0.6 is 15.9 Å². The number of nitro groups is 1. The molecule has 0 radical (unpaired) electrons. The summed E-state index contributed by atoms with van der Waals surface area (Å²) >= 11 is 3.31. The number of benzene rings is 2. The van der Waals surface area contributed by atoms with Crippen molar-refractivity contribution in [3.63, 3.8) is 0 Å². The maximum absolute atomic E-state index is 12.0. The minimum atomic E-state index is -0.502. The topological polar surface area (TPSA) is 114 Å². The Morgan fingerprint density at radius 2 is 1.96 bits per heavy atom. The van der Waals surface area contributed by atoms with Crippen molar-refractivity contribution < 1.29 is 14.5 Å². The molecule has 0 bridgehead atoms. The second-order valence-corrected chi connectivity index (χ2v) is 6.34. The number of hydrogen-bond acceptors (Lipinski definition) is 5. The average molecular weight is 433 g/mol. The van der Waals surface area contributed by atoms with Gasteiger partial charge in [-0.1, -0.05) is 24.3 Å². The minimum Gasteiger partial charge on any atom is -0.352 e. The van der Waals surface area contributed by atoms with Crippen molar-refractivity contribution in [1.82, 2.24) is 10.7 Å². The summed E-state index contributed by atoms with van der Waals surface area (Å²) in [6.45, 7) is 0.349. The van der Waals surface area contributed by atoms with Crippen LogP contribution in [-0.2, 0) is 4.79 Å². The number of nitrogens with one attached hydrogen (secondary N) is 2. The largest absolute Gasteiger partial charge is 0.352 e. The summed E-state index contributed by atoms with van der Waals surface area (Å²) in [5.41, 5.74) is 3.34. The molecule has 8 nitrogen and oxygen atoms in total. The quantitative estimate of drug-likeness (QED) is 0.288. The van der Waals surface area contributed by atoms with Crippen LogP contribution in [0, 0.1) is 10.1 Å². The first-order valence-electron chi connectivity index (χ1n) is 8.06. The lowest BCUT2D eigenvalue weighted by Gasteiger charge is -2.06. The predicted molar refractivity (Wildman–Crippen MR) is 105 cm³/mol. The number of carbonyl (C=O) groups excluding carboxylic acids is 2. The van der Waals surface area contributed by atoms with Gasteiger partial charge in [0.15, 0.2) is 0 Å². The van der Waals surface area contributed by atoms with Crippen LogP contribution in [0.5, 0.6) is 0 Å². The molecular formula is C18H17BrN4O4. The maximum Gasteiger partial charge on any atom is 0.270 e. The number of nitrogens with zero attached hydrogens (tertiary/aromatic N) is 2. The Morgan fingerprint density at radius 1 is 1.19 bits per heavy atom. The molecule has 0 saturated carbocycles. The lowest BCUT2D eigenvalue weighted by Crippen LogP contribution is -2.26. The molecule has 140 valence electrons. The minimum absolute atomic E-state index is 0.0499. The molecule has 27 heavy (non-hydrogen) atoms. The Hall–Kier alpha value is -3.07. The molecular weight excluding hydrogens is 416 g/mol. The summed E-state index contributed by atoms with van der Waals surface area (Å²) < 4.78 is 0.704. The Kier molecular flexibility index (Phi) is 7.63. The molecule has 2 rings (SSSR count). The van der Waals surface area contributed by atoms with E-state index >= 15 is 0 Å². The lowest BCUT2D eigenvalue weighted by molar-refractivity contribution is -0.384. The van der Waals surface area contributed by atoms with Crippen LogP contribution < -0.4 is 10.7 Å². The molecule has 0 aromatic heterocycles. The zero-order valence-electron chi connectivity index (χ0n) is 14.2. The van der Waals surface area contributed by atoms with E-state index in [1.807, 2.05) is 6.07 Å². The van der Waals surface area contributed by atoms with Crippen molar-refractivity contribution in [2.24, 2.45) is 5.10 Å². The van der Waals surface area contributed by atoms with E-state index in [1.54, 1.807) is 24.3 Å². The van der Waals surface area contributed by atoms with Crippen LogP contribution in [0.25, 0.3) is 0 Å². The van der Waals surface area contributed by atoms with Crippen molar-refractivity contribution >= 4 is 39.6 Å². The fraction of sp³-hybridized carbons (Fsp3) is 0.167. The standard InChI is InChI=1S/C18H17BrN4O4/c19-16-8-2-1-7-15(16)18(25)20-10-4-9-17(24)22-21-12-13-5-3-6-14(11-13)23(26)27/h1-3,5-8,11-12H,4,9-10H2,(H,20,25)(H,22,24). The summed E-state index contributed by atoms with van der Waals surface area (Å²) in [5.74, 6) is -0.529. The molecule has 9 heteroatoms. The van der Waals surface area contributed by atoms with E-state index in [0.717, 1.165) is 0 Å². The van der Waals surface area contributed by atoms with Gasteiger partial charge in [-0.2, -0.15) is 5.10 Å². The SMILES string of the molecule is O=C(CCCNC(=O)c1ccccc1Br)NN=Cc1cccc([N+](=O)[O-])c1. The van der Waals surface area contributed by atoms with E-state index < -0.39 is 4.92 Å². The Morgan fingerprint density at radius 3 is 2.70 bits per heavy atom. The van der Waals surface area contributed by atoms with Crippen molar-refractivity contribution in [3.8, 4) is 0 Å². The summed E-state index contributed by atoms with van der Waals surface area (Å²) in [4.78, 5) is 33.9. The molecule has 2 N–H and O–H groups in total. The van der Waals surface area contributed by atoms with Gasteiger partial charge in [0, 0.05) is 35.1 Å². The monoisotopic (exact) mass is 432 g/mol.